The fourth-order valence-electron chi connectivity index (χ4n) is 2.78. The zero-order chi connectivity index (χ0) is 10.2. The van der Waals surface area contributed by atoms with Crippen molar-refractivity contribution in [2.75, 3.05) is 19.4 Å². The SMILES string of the molecule is CCOP(=O)(CC12CC(C1)C2)OCC. The Hall–Kier alpha value is 0.150. The zero-order valence-corrected chi connectivity index (χ0v) is 9.89. The van der Waals surface area contributed by atoms with E-state index in [0.717, 1.165) is 5.92 Å². The Morgan fingerprint density at radius 2 is 1.71 bits per heavy atom. The molecule has 82 valence electrons. The maximum absolute atomic E-state index is 12.2. The van der Waals surface area contributed by atoms with E-state index in [1.54, 1.807) is 0 Å². The van der Waals surface area contributed by atoms with E-state index in [0.29, 0.717) is 24.8 Å². The topological polar surface area (TPSA) is 35.5 Å². The summed E-state index contributed by atoms with van der Waals surface area (Å²) < 4.78 is 22.8. The van der Waals surface area contributed by atoms with Gasteiger partial charge >= 0.3 is 7.60 Å². The van der Waals surface area contributed by atoms with Crippen molar-refractivity contribution in [3.63, 3.8) is 0 Å². The van der Waals surface area contributed by atoms with Gasteiger partial charge in [-0.3, -0.25) is 4.57 Å². The fourth-order valence-corrected chi connectivity index (χ4v) is 5.04. The van der Waals surface area contributed by atoms with E-state index in [-0.39, 0.29) is 0 Å². The Balaban J connectivity index is 1.92. The van der Waals surface area contributed by atoms with Crippen LogP contribution in [0.4, 0.5) is 0 Å². The molecule has 0 N–H and O–H groups in total. The highest BCUT2D eigenvalue weighted by Crippen LogP contribution is 2.70. The molecule has 0 spiro atoms. The molecule has 0 heterocycles. The zero-order valence-electron chi connectivity index (χ0n) is 8.99. The Kier molecular flexibility index (Phi) is 2.76. The smallest absolute Gasteiger partial charge is 0.309 e. The van der Waals surface area contributed by atoms with Crippen LogP contribution in [0.25, 0.3) is 0 Å². The molecule has 0 radical (unpaired) electrons. The van der Waals surface area contributed by atoms with E-state index >= 15 is 0 Å². The van der Waals surface area contributed by atoms with Gasteiger partial charge in [-0.2, -0.15) is 0 Å². The van der Waals surface area contributed by atoms with Gasteiger partial charge < -0.3 is 9.05 Å². The van der Waals surface area contributed by atoms with Gasteiger partial charge in [0.05, 0.1) is 19.4 Å². The van der Waals surface area contributed by atoms with Crippen LogP contribution in [0.1, 0.15) is 33.1 Å². The molecule has 0 aliphatic heterocycles. The third kappa shape index (κ3) is 1.78. The van der Waals surface area contributed by atoms with Crippen LogP contribution in [-0.2, 0) is 13.6 Å². The molecule has 14 heavy (non-hydrogen) atoms. The molecule has 0 amide bonds. The molecule has 0 aromatic rings. The molecule has 4 heteroatoms. The number of hydrogen-bond donors (Lipinski definition) is 0. The van der Waals surface area contributed by atoms with Crippen molar-refractivity contribution in [1.29, 1.82) is 0 Å². The first kappa shape index (κ1) is 10.7. The lowest BCUT2D eigenvalue weighted by atomic mass is 9.45. The van der Waals surface area contributed by atoms with Gasteiger partial charge in [-0.25, -0.2) is 0 Å². The van der Waals surface area contributed by atoms with Crippen LogP contribution in [0.2, 0.25) is 0 Å². The second kappa shape index (κ2) is 3.62. The van der Waals surface area contributed by atoms with Crippen molar-refractivity contribution in [2.45, 2.75) is 33.1 Å². The first-order valence-electron chi connectivity index (χ1n) is 5.49. The average Bonchev–Trinajstić information content (AvgIpc) is 1.96. The predicted octanol–water partition coefficient (Wildman–Crippen LogP) is 3.05. The van der Waals surface area contributed by atoms with Crippen molar-refractivity contribution in [3.05, 3.63) is 0 Å². The molecule has 3 aliphatic carbocycles. The largest absolute Gasteiger partial charge is 0.331 e. The molecule has 3 saturated carbocycles. The van der Waals surface area contributed by atoms with E-state index in [4.69, 9.17) is 9.05 Å². The number of hydrogen-bond acceptors (Lipinski definition) is 3. The van der Waals surface area contributed by atoms with Crippen LogP contribution >= 0.6 is 7.60 Å². The van der Waals surface area contributed by atoms with Gasteiger partial charge in [-0.05, 0) is 44.4 Å². The lowest BCUT2D eigenvalue weighted by Gasteiger charge is -2.62. The summed E-state index contributed by atoms with van der Waals surface area (Å²) in [6.45, 7) is 4.70. The second-order valence-corrected chi connectivity index (χ2v) is 6.64. The van der Waals surface area contributed by atoms with E-state index in [2.05, 4.69) is 0 Å². The van der Waals surface area contributed by atoms with Crippen molar-refractivity contribution < 1.29 is 13.6 Å². The summed E-state index contributed by atoms with van der Waals surface area (Å²) in [6, 6.07) is 0. The van der Waals surface area contributed by atoms with Crippen LogP contribution in [0.15, 0.2) is 0 Å². The van der Waals surface area contributed by atoms with E-state index in [9.17, 15) is 4.57 Å². The maximum atomic E-state index is 12.2. The summed E-state index contributed by atoms with van der Waals surface area (Å²) in [5.74, 6) is 0.923. The van der Waals surface area contributed by atoms with Gasteiger partial charge in [0.25, 0.3) is 0 Å². The monoisotopic (exact) mass is 218 g/mol. The summed E-state index contributed by atoms with van der Waals surface area (Å²) in [6.07, 6.45) is 4.39. The third-order valence-corrected chi connectivity index (χ3v) is 5.71. The molecule has 3 fully saturated rings. The Labute approximate surface area is 85.7 Å². The van der Waals surface area contributed by atoms with Crippen LogP contribution in [0, 0.1) is 11.3 Å². The minimum atomic E-state index is -2.77. The van der Waals surface area contributed by atoms with Gasteiger partial charge in [-0.15, -0.1) is 0 Å². The Bertz CT molecular complexity index is 237. The van der Waals surface area contributed by atoms with E-state index in [1.165, 1.54) is 19.3 Å². The quantitative estimate of drug-likeness (QED) is 0.643. The van der Waals surface area contributed by atoms with Gasteiger partial charge in [0.2, 0.25) is 0 Å². The molecular formula is C10H19O3P. The first-order chi connectivity index (χ1) is 6.61. The summed E-state index contributed by atoms with van der Waals surface area (Å²) in [5.41, 5.74) is 0.338. The summed E-state index contributed by atoms with van der Waals surface area (Å²) >= 11 is 0. The predicted molar refractivity (Wildman–Crippen MR) is 55.5 cm³/mol. The van der Waals surface area contributed by atoms with Crippen molar-refractivity contribution in [3.8, 4) is 0 Å². The summed E-state index contributed by atoms with van der Waals surface area (Å²) in [5, 5.41) is 0. The Morgan fingerprint density at radius 3 is 2.00 bits per heavy atom. The van der Waals surface area contributed by atoms with Crippen LogP contribution < -0.4 is 0 Å². The maximum Gasteiger partial charge on any atom is 0.331 e. The lowest BCUT2D eigenvalue weighted by molar-refractivity contribution is -0.0888. The minimum Gasteiger partial charge on any atom is -0.309 e. The molecule has 3 aliphatic rings. The molecule has 3 rings (SSSR count). The van der Waals surface area contributed by atoms with Gasteiger partial charge in [0.1, 0.15) is 0 Å². The highest BCUT2D eigenvalue weighted by atomic mass is 31.2. The Morgan fingerprint density at radius 1 is 1.21 bits per heavy atom. The molecule has 3 nitrogen and oxygen atoms in total. The average molecular weight is 218 g/mol. The summed E-state index contributed by atoms with van der Waals surface area (Å²) in [4.78, 5) is 0. The van der Waals surface area contributed by atoms with Crippen molar-refractivity contribution in [2.24, 2.45) is 11.3 Å². The minimum absolute atomic E-state index is 0.338. The second-order valence-electron chi connectivity index (χ2n) is 4.58. The number of rotatable bonds is 6. The molecule has 0 saturated heterocycles. The van der Waals surface area contributed by atoms with E-state index in [1.807, 2.05) is 13.8 Å². The normalized spacial score (nSPS) is 34.9. The summed E-state index contributed by atoms with van der Waals surface area (Å²) in [7, 11) is -2.77. The van der Waals surface area contributed by atoms with Crippen molar-refractivity contribution >= 4 is 7.60 Å². The first-order valence-corrected chi connectivity index (χ1v) is 7.22. The van der Waals surface area contributed by atoms with Gasteiger partial charge in [0.15, 0.2) is 0 Å². The molecule has 0 atom stereocenters. The van der Waals surface area contributed by atoms with Crippen LogP contribution in [0.3, 0.4) is 0 Å². The van der Waals surface area contributed by atoms with Gasteiger partial charge in [-0.1, -0.05) is 0 Å². The van der Waals surface area contributed by atoms with Crippen LogP contribution in [-0.4, -0.2) is 19.4 Å². The van der Waals surface area contributed by atoms with Gasteiger partial charge in [0, 0.05) is 0 Å². The molecule has 0 aromatic heterocycles. The molecule has 0 aromatic carbocycles. The molecular weight excluding hydrogens is 199 g/mol. The van der Waals surface area contributed by atoms with Crippen LogP contribution in [0.5, 0.6) is 0 Å². The lowest BCUT2D eigenvalue weighted by Crippen LogP contribution is -2.53. The standard InChI is InChI=1S/C10H19O3P/c1-3-12-14(11,13-4-2)8-10-5-9(6-10)7-10/h9H,3-8H2,1-2H3. The van der Waals surface area contributed by atoms with Crippen molar-refractivity contribution in [1.82, 2.24) is 0 Å². The highest BCUT2D eigenvalue weighted by molar-refractivity contribution is 7.53. The molecule has 2 bridgehead atoms. The van der Waals surface area contributed by atoms with E-state index < -0.39 is 7.60 Å². The molecule has 0 unspecified atom stereocenters. The third-order valence-electron chi connectivity index (χ3n) is 3.35. The fraction of sp³-hybridized carbons (Fsp3) is 1.00. The highest BCUT2D eigenvalue weighted by Gasteiger charge is 2.59.